The summed E-state index contributed by atoms with van der Waals surface area (Å²) in [6, 6.07) is 4.41. The van der Waals surface area contributed by atoms with Crippen molar-refractivity contribution in [1.29, 1.82) is 0 Å². The highest BCUT2D eigenvalue weighted by Gasteiger charge is 2.18. The van der Waals surface area contributed by atoms with Crippen LogP contribution < -0.4 is 0 Å². The first-order valence-corrected chi connectivity index (χ1v) is 8.78. The average molecular weight is 445 g/mol. The quantitative estimate of drug-likeness (QED) is 0.468. The lowest BCUT2D eigenvalue weighted by Gasteiger charge is -2.06. The third-order valence-electron chi connectivity index (χ3n) is 2.22. The lowest BCUT2D eigenvalue weighted by molar-refractivity contribution is 1.24. The normalized spacial score (nSPS) is 13.1. The van der Waals surface area contributed by atoms with Crippen molar-refractivity contribution in [3.63, 3.8) is 0 Å². The zero-order chi connectivity index (χ0) is 11.9. The fraction of sp³-hybridized carbons (Fsp3) is 0.273. The lowest BCUT2D eigenvalue weighted by Crippen LogP contribution is -1.87. The van der Waals surface area contributed by atoms with Crippen molar-refractivity contribution in [2.75, 3.05) is 0 Å². The highest BCUT2D eigenvalue weighted by Crippen LogP contribution is 2.44. The van der Waals surface area contributed by atoms with Gasteiger partial charge < -0.3 is 0 Å². The van der Waals surface area contributed by atoms with Gasteiger partial charge in [0.05, 0.1) is 8.61 Å². The molecule has 2 aromatic heterocycles. The molecule has 0 aliphatic rings. The van der Waals surface area contributed by atoms with Crippen LogP contribution in [0.25, 0.3) is 0 Å². The largest absolute Gasteiger partial charge is 0.144 e. The highest BCUT2D eigenvalue weighted by atomic mass is 79.9. The Labute approximate surface area is 128 Å². The average Bonchev–Trinajstić information content (AvgIpc) is 2.70. The molecular weight excluding hydrogens is 436 g/mol. The van der Waals surface area contributed by atoms with Gasteiger partial charge in [-0.25, -0.2) is 0 Å². The van der Waals surface area contributed by atoms with Crippen molar-refractivity contribution >= 4 is 70.5 Å². The number of alkyl halides is 1. The van der Waals surface area contributed by atoms with Crippen molar-refractivity contribution in [3.05, 3.63) is 40.6 Å². The number of halogens is 3. The van der Waals surface area contributed by atoms with Gasteiger partial charge in [-0.3, -0.25) is 0 Å². The van der Waals surface area contributed by atoms with Gasteiger partial charge >= 0.3 is 0 Å². The zero-order valence-corrected chi connectivity index (χ0v) is 15.1. The Morgan fingerprint density at radius 2 is 1.81 bits per heavy atom. The summed E-state index contributed by atoms with van der Waals surface area (Å²) in [5.41, 5.74) is 1.37. The van der Waals surface area contributed by atoms with Crippen LogP contribution in [0.2, 0.25) is 0 Å². The Hall–Kier alpha value is 0.840. The maximum Gasteiger partial charge on any atom is 0.0843 e. The van der Waals surface area contributed by atoms with Gasteiger partial charge in [-0.1, -0.05) is 15.9 Å². The van der Waals surface area contributed by atoms with E-state index in [0.717, 1.165) is 8.26 Å². The van der Waals surface area contributed by atoms with E-state index in [2.05, 4.69) is 73.8 Å². The smallest absolute Gasteiger partial charge is 0.0843 e. The van der Waals surface area contributed by atoms with E-state index in [1.165, 1.54) is 20.2 Å². The second-order valence-electron chi connectivity index (χ2n) is 3.54. The maximum absolute atomic E-state index is 3.78. The molecule has 1 atom stereocenters. The number of hydrogen-bond donors (Lipinski definition) is 0. The number of thiophene rings is 2. The van der Waals surface area contributed by atoms with Gasteiger partial charge in [0.25, 0.3) is 0 Å². The fourth-order valence-electron chi connectivity index (χ4n) is 1.53. The van der Waals surface area contributed by atoms with E-state index in [4.69, 9.17) is 0 Å². The SMILES string of the molecule is Cc1cc(C)c(C(Br)c2cc(Br)c(Br)s2)s1. The lowest BCUT2D eigenvalue weighted by atomic mass is 10.2. The number of aryl methyl sites for hydroxylation is 2. The van der Waals surface area contributed by atoms with Gasteiger partial charge in [0.1, 0.15) is 0 Å². The number of rotatable bonds is 2. The summed E-state index contributed by atoms with van der Waals surface area (Å²) in [5.74, 6) is 0. The van der Waals surface area contributed by atoms with Crippen LogP contribution in [0.3, 0.4) is 0 Å². The van der Waals surface area contributed by atoms with Gasteiger partial charge in [-0.2, -0.15) is 0 Å². The first-order valence-electron chi connectivity index (χ1n) is 4.64. The second-order valence-corrected chi connectivity index (χ2v) is 9.00. The molecule has 0 fully saturated rings. The second kappa shape index (κ2) is 5.22. The molecule has 1 unspecified atom stereocenters. The highest BCUT2D eigenvalue weighted by molar-refractivity contribution is 9.13. The molecule has 0 nitrogen and oxygen atoms in total. The Kier molecular flexibility index (Phi) is 4.33. The Balaban J connectivity index is 2.38. The van der Waals surface area contributed by atoms with Crippen molar-refractivity contribution < 1.29 is 0 Å². The first-order chi connectivity index (χ1) is 7.49. The van der Waals surface area contributed by atoms with Crippen LogP contribution in [0.4, 0.5) is 0 Å². The molecule has 0 radical (unpaired) electrons. The molecule has 0 bridgehead atoms. The summed E-state index contributed by atoms with van der Waals surface area (Å²) in [6.45, 7) is 4.33. The number of hydrogen-bond acceptors (Lipinski definition) is 2. The van der Waals surface area contributed by atoms with Crippen molar-refractivity contribution in [2.24, 2.45) is 0 Å². The van der Waals surface area contributed by atoms with E-state index in [-0.39, 0.29) is 0 Å². The van der Waals surface area contributed by atoms with Crippen LogP contribution >= 0.6 is 70.5 Å². The monoisotopic (exact) mass is 442 g/mol. The molecule has 5 heteroatoms. The molecule has 2 aromatic rings. The standard InChI is InChI=1S/C11H9Br3S2/c1-5-3-6(2)15-10(5)9(13)8-4-7(12)11(14)16-8/h3-4,9H,1-2H3. The minimum absolute atomic E-state index is 0.304. The molecule has 0 N–H and O–H groups in total. The first kappa shape index (κ1) is 13.3. The van der Waals surface area contributed by atoms with E-state index < -0.39 is 0 Å². The minimum Gasteiger partial charge on any atom is -0.144 e. The van der Waals surface area contributed by atoms with Gasteiger partial charge in [0.2, 0.25) is 0 Å². The van der Waals surface area contributed by atoms with Gasteiger partial charge in [0, 0.05) is 19.1 Å². The molecule has 0 spiro atoms. The molecule has 0 saturated carbocycles. The Bertz CT molecular complexity index is 494. The van der Waals surface area contributed by atoms with E-state index in [0.29, 0.717) is 4.83 Å². The molecule has 0 amide bonds. The molecule has 0 aliphatic carbocycles. The molecule has 86 valence electrons. The predicted octanol–water partition coefficient (Wildman–Crippen LogP) is 6.44. The van der Waals surface area contributed by atoms with Gasteiger partial charge in [0.15, 0.2) is 0 Å². The third-order valence-corrected chi connectivity index (χ3v) is 8.32. The summed E-state index contributed by atoms with van der Waals surface area (Å²) in [7, 11) is 0. The topological polar surface area (TPSA) is 0 Å². The van der Waals surface area contributed by atoms with E-state index in [1.54, 1.807) is 11.3 Å². The van der Waals surface area contributed by atoms with Crippen LogP contribution in [0.1, 0.15) is 25.0 Å². The summed E-state index contributed by atoms with van der Waals surface area (Å²) < 4.78 is 2.28. The summed E-state index contributed by atoms with van der Waals surface area (Å²) >= 11 is 14.5. The predicted molar refractivity (Wildman–Crippen MR) is 84.3 cm³/mol. The zero-order valence-electron chi connectivity index (χ0n) is 8.68. The van der Waals surface area contributed by atoms with E-state index in [9.17, 15) is 0 Å². The molecular formula is C11H9Br3S2. The molecule has 0 aliphatic heterocycles. The third kappa shape index (κ3) is 2.64. The molecule has 2 heterocycles. The molecule has 0 saturated heterocycles. The molecule has 16 heavy (non-hydrogen) atoms. The van der Waals surface area contributed by atoms with E-state index >= 15 is 0 Å². The van der Waals surface area contributed by atoms with Crippen LogP contribution in [0.5, 0.6) is 0 Å². The van der Waals surface area contributed by atoms with Crippen LogP contribution in [0.15, 0.2) is 20.4 Å². The van der Waals surface area contributed by atoms with Gasteiger partial charge in [-0.15, -0.1) is 22.7 Å². The van der Waals surface area contributed by atoms with Crippen LogP contribution in [-0.2, 0) is 0 Å². The minimum atomic E-state index is 0.304. The summed E-state index contributed by atoms with van der Waals surface area (Å²) in [4.78, 5) is 4.40. The fourth-order valence-corrected chi connectivity index (χ4v) is 5.77. The molecule has 0 aromatic carbocycles. The van der Waals surface area contributed by atoms with Crippen LogP contribution in [0, 0.1) is 13.8 Å². The maximum atomic E-state index is 3.78. The Morgan fingerprint density at radius 1 is 1.12 bits per heavy atom. The van der Waals surface area contributed by atoms with E-state index in [1.807, 2.05) is 11.3 Å². The van der Waals surface area contributed by atoms with Crippen molar-refractivity contribution in [2.45, 2.75) is 18.7 Å². The summed E-state index contributed by atoms with van der Waals surface area (Å²) in [6.07, 6.45) is 0. The van der Waals surface area contributed by atoms with Crippen molar-refractivity contribution in [1.82, 2.24) is 0 Å². The van der Waals surface area contributed by atoms with Gasteiger partial charge in [-0.05, 0) is 63.4 Å². The molecule has 2 rings (SSSR count). The Morgan fingerprint density at radius 3 is 2.25 bits per heavy atom. The van der Waals surface area contributed by atoms with Crippen molar-refractivity contribution in [3.8, 4) is 0 Å². The summed E-state index contributed by atoms with van der Waals surface area (Å²) in [5, 5.41) is 0. The van der Waals surface area contributed by atoms with Crippen LogP contribution in [-0.4, -0.2) is 0 Å².